The highest BCUT2D eigenvalue weighted by molar-refractivity contribution is 7.86. The van der Waals surface area contributed by atoms with Crippen LogP contribution in [0.3, 0.4) is 0 Å². The molecule has 0 amide bonds. The molecule has 0 aliphatic carbocycles. The monoisotopic (exact) mass is 371 g/mol. The van der Waals surface area contributed by atoms with Crippen LogP contribution in [0, 0.1) is 0 Å². The van der Waals surface area contributed by atoms with E-state index in [-0.39, 0.29) is 0 Å². The summed E-state index contributed by atoms with van der Waals surface area (Å²) in [5.41, 5.74) is -4.18. The highest BCUT2D eigenvalue weighted by Crippen LogP contribution is 2.37. The molecule has 0 bridgehead atoms. The van der Waals surface area contributed by atoms with Crippen LogP contribution in [-0.4, -0.2) is 26.6 Å². The molecular formula is C14H24F3NO3SSi. The van der Waals surface area contributed by atoms with E-state index < -0.39 is 23.7 Å². The molecule has 0 fully saturated rings. The predicted molar refractivity (Wildman–Crippen MR) is 84.3 cm³/mol. The SMILES string of the molecule is C[n+]1ccccc1C[Si](C)(C)C(C)(C)C.O=S(=O)([O-])C(F)(F)F. The van der Waals surface area contributed by atoms with Crippen molar-refractivity contribution in [1.29, 1.82) is 0 Å². The summed E-state index contributed by atoms with van der Waals surface area (Å²) < 4.78 is 61.2. The van der Waals surface area contributed by atoms with E-state index in [4.69, 9.17) is 13.0 Å². The van der Waals surface area contributed by atoms with Gasteiger partial charge in [0.1, 0.15) is 7.05 Å². The van der Waals surface area contributed by atoms with Crippen LogP contribution in [0.4, 0.5) is 13.2 Å². The Balaban J connectivity index is 0.000000515. The van der Waals surface area contributed by atoms with Crippen molar-refractivity contribution >= 4 is 18.2 Å². The van der Waals surface area contributed by atoms with Crippen molar-refractivity contribution in [3.05, 3.63) is 30.1 Å². The lowest BCUT2D eigenvalue weighted by molar-refractivity contribution is -0.678. The maximum absolute atomic E-state index is 10.7. The van der Waals surface area contributed by atoms with Crippen molar-refractivity contribution in [3.63, 3.8) is 0 Å². The number of hydrogen-bond donors (Lipinski definition) is 0. The molecule has 0 aliphatic heterocycles. The molecule has 0 saturated heterocycles. The van der Waals surface area contributed by atoms with Crippen molar-refractivity contribution in [2.75, 3.05) is 0 Å². The third kappa shape index (κ3) is 7.00. The van der Waals surface area contributed by atoms with Crippen LogP contribution in [0.1, 0.15) is 26.5 Å². The molecule has 23 heavy (non-hydrogen) atoms. The van der Waals surface area contributed by atoms with Crippen LogP contribution in [0.5, 0.6) is 0 Å². The van der Waals surface area contributed by atoms with Crippen LogP contribution < -0.4 is 4.57 Å². The predicted octanol–water partition coefficient (Wildman–Crippen LogP) is 3.15. The number of aromatic nitrogens is 1. The van der Waals surface area contributed by atoms with Gasteiger partial charge in [-0.2, -0.15) is 13.2 Å². The van der Waals surface area contributed by atoms with E-state index in [1.54, 1.807) is 0 Å². The molecular weight excluding hydrogens is 347 g/mol. The Labute approximate surface area is 137 Å². The van der Waals surface area contributed by atoms with E-state index in [2.05, 4.69) is 69.9 Å². The minimum absolute atomic E-state index is 0.468. The second kappa shape index (κ2) is 7.31. The molecule has 0 unspecified atom stereocenters. The zero-order valence-electron chi connectivity index (χ0n) is 14.2. The number of rotatable bonds is 2. The van der Waals surface area contributed by atoms with E-state index in [1.807, 2.05) is 0 Å². The minimum Gasteiger partial charge on any atom is -0.741 e. The summed E-state index contributed by atoms with van der Waals surface area (Å²) in [6.07, 6.45) is 2.14. The molecule has 1 aromatic rings. The lowest BCUT2D eigenvalue weighted by Crippen LogP contribution is -2.45. The Kier molecular flexibility index (Phi) is 7.01. The van der Waals surface area contributed by atoms with Gasteiger partial charge in [-0.1, -0.05) is 39.9 Å². The first-order valence-corrected chi connectivity index (χ1v) is 11.6. The number of nitrogens with zero attached hydrogens (tertiary/aromatic N) is 1. The van der Waals surface area contributed by atoms with Gasteiger partial charge in [0.25, 0.3) is 0 Å². The molecule has 1 heterocycles. The molecule has 0 aromatic carbocycles. The van der Waals surface area contributed by atoms with Crippen molar-refractivity contribution in [2.45, 2.75) is 50.5 Å². The lowest BCUT2D eigenvalue weighted by Gasteiger charge is -2.36. The lowest BCUT2D eigenvalue weighted by atomic mass is 10.2. The number of alkyl halides is 3. The topological polar surface area (TPSA) is 61.1 Å². The smallest absolute Gasteiger partial charge is 0.485 e. The third-order valence-corrected chi connectivity index (χ3v) is 9.97. The molecule has 1 rings (SSSR count). The van der Waals surface area contributed by atoms with Gasteiger partial charge in [0.2, 0.25) is 0 Å². The van der Waals surface area contributed by atoms with Gasteiger partial charge in [-0.3, -0.25) is 0 Å². The highest BCUT2D eigenvalue weighted by Gasteiger charge is 2.37. The van der Waals surface area contributed by atoms with Crippen LogP contribution in [0.2, 0.25) is 18.1 Å². The first-order chi connectivity index (χ1) is 9.99. The Hall–Kier alpha value is -0.933. The van der Waals surface area contributed by atoms with Gasteiger partial charge in [-0.05, 0) is 5.04 Å². The molecule has 0 N–H and O–H groups in total. The quantitative estimate of drug-likeness (QED) is 0.347. The van der Waals surface area contributed by atoms with Gasteiger partial charge in [-0.15, -0.1) is 0 Å². The second-order valence-corrected chi connectivity index (χ2v) is 14.0. The van der Waals surface area contributed by atoms with Gasteiger partial charge < -0.3 is 4.55 Å². The van der Waals surface area contributed by atoms with E-state index in [9.17, 15) is 13.2 Å². The maximum atomic E-state index is 10.7. The van der Waals surface area contributed by atoms with Gasteiger partial charge in [0.15, 0.2) is 22.0 Å². The first kappa shape index (κ1) is 22.1. The van der Waals surface area contributed by atoms with Gasteiger partial charge in [0.05, 0.1) is 8.07 Å². The Morgan fingerprint density at radius 3 is 1.91 bits per heavy atom. The molecule has 0 radical (unpaired) electrons. The summed E-state index contributed by atoms with van der Waals surface area (Å²) in [5.74, 6) is 0. The Bertz CT molecular complexity index is 623. The zero-order valence-corrected chi connectivity index (χ0v) is 16.0. The minimum atomic E-state index is -6.09. The summed E-state index contributed by atoms with van der Waals surface area (Å²) in [6, 6.07) is 7.74. The molecule has 4 nitrogen and oxygen atoms in total. The van der Waals surface area contributed by atoms with Crippen molar-refractivity contribution < 1.29 is 30.7 Å². The fraction of sp³-hybridized carbons (Fsp3) is 0.643. The zero-order chi connectivity index (χ0) is 18.7. The number of halogens is 3. The Morgan fingerprint density at radius 2 is 1.61 bits per heavy atom. The fourth-order valence-corrected chi connectivity index (χ4v) is 3.26. The average molecular weight is 371 g/mol. The molecule has 0 spiro atoms. The largest absolute Gasteiger partial charge is 0.741 e. The maximum Gasteiger partial charge on any atom is 0.485 e. The molecule has 9 heteroatoms. The summed E-state index contributed by atoms with van der Waals surface area (Å²) in [4.78, 5) is 0. The van der Waals surface area contributed by atoms with Crippen LogP contribution in [0.25, 0.3) is 0 Å². The van der Waals surface area contributed by atoms with Gasteiger partial charge in [0, 0.05) is 18.2 Å². The number of hydrogen-bond acceptors (Lipinski definition) is 3. The molecule has 134 valence electrons. The normalized spacial score (nSPS) is 13.3. The van der Waals surface area contributed by atoms with Crippen LogP contribution >= 0.6 is 0 Å². The number of aryl methyl sites for hydroxylation is 1. The van der Waals surface area contributed by atoms with E-state index in [0.717, 1.165) is 0 Å². The Morgan fingerprint density at radius 1 is 1.17 bits per heavy atom. The van der Waals surface area contributed by atoms with Crippen LogP contribution in [0.15, 0.2) is 24.4 Å². The molecule has 0 aliphatic rings. The summed E-state index contributed by atoms with van der Waals surface area (Å²) in [6.45, 7) is 12.1. The fourth-order valence-electron chi connectivity index (χ4n) is 1.46. The first-order valence-electron chi connectivity index (χ1n) is 6.95. The molecule has 0 saturated carbocycles. The average Bonchev–Trinajstić information content (AvgIpc) is 2.28. The summed E-state index contributed by atoms with van der Waals surface area (Å²) >= 11 is 0. The molecule has 1 aromatic heterocycles. The van der Waals surface area contributed by atoms with Crippen molar-refractivity contribution in [1.82, 2.24) is 0 Å². The van der Waals surface area contributed by atoms with Crippen molar-refractivity contribution in [3.8, 4) is 0 Å². The van der Waals surface area contributed by atoms with E-state index in [0.29, 0.717) is 5.04 Å². The van der Waals surface area contributed by atoms with Gasteiger partial charge >= 0.3 is 5.51 Å². The van der Waals surface area contributed by atoms with Gasteiger partial charge in [-0.25, -0.2) is 13.0 Å². The highest BCUT2D eigenvalue weighted by atomic mass is 32.2. The van der Waals surface area contributed by atoms with Crippen molar-refractivity contribution in [2.24, 2.45) is 7.05 Å². The number of pyridine rings is 1. The standard InChI is InChI=1S/C13H24NSi.CHF3O3S/c1-13(2,3)15(5,6)11-12-9-7-8-10-14(12)4;2-1(3,4)8(5,6)7/h7-10H,11H2,1-6H3;(H,5,6,7)/q+1;/p-1. The van der Waals surface area contributed by atoms with Crippen LogP contribution in [-0.2, 0) is 23.2 Å². The second-order valence-electron chi connectivity index (χ2n) is 7.01. The summed E-state index contributed by atoms with van der Waals surface area (Å²) in [7, 11) is -5.15. The van der Waals surface area contributed by atoms with E-state index in [1.165, 1.54) is 11.7 Å². The van der Waals surface area contributed by atoms with E-state index >= 15 is 0 Å². The summed E-state index contributed by atoms with van der Waals surface area (Å²) in [5, 5.41) is 0.468. The third-order valence-electron chi connectivity index (χ3n) is 4.10. The molecule has 0 atom stereocenters.